The highest BCUT2D eigenvalue weighted by atomic mass is 19.1. The van der Waals surface area contributed by atoms with E-state index in [1.165, 1.54) is 6.07 Å². The average Bonchev–Trinajstić information content (AvgIpc) is 2.61. The molecule has 0 spiro atoms. The maximum atomic E-state index is 13.4. The summed E-state index contributed by atoms with van der Waals surface area (Å²) in [4.78, 5) is 11.8. The van der Waals surface area contributed by atoms with Crippen LogP contribution in [-0.2, 0) is 17.8 Å². The van der Waals surface area contributed by atoms with Crippen molar-refractivity contribution in [1.29, 1.82) is 0 Å². The highest BCUT2D eigenvalue weighted by molar-refractivity contribution is 5.76. The summed E-state index contributed by atoms with van der Waals surface area (Å²) >= 11 is 0. The van der Waals surface area contributed by atoms with Gasteiger partial charge in [0.1, 0.15) is 11.6 Å². The lowest BCUT2D eigenvalue weighted by Gasteiger charge is -2.08. The minimum atomic E-state index is -0.184. The summed E-state index contributed by atoms with van der Waals surface area (Å²) in [5.41, 5.74) is 1.71. The molecule has 0 radical (unpaired) electrons. The summed E-state index contributed by atoms with van der Waals surface area (Å²) < 4.78 is 18.5. The molecule has 0 atom stereocenters. The zero-order valence-corrected chi connectivity index (χ0v) is 13.8. The van der Waals surface area contributed by atoms with E-state index in [-0.39, 0.29) is 11.7 Å². The molecule has 0 aromatic heterocycles. The third-order valence-electron chi connectivity index (χ3n) is 3.71. The maximum absolute atomic E-state index is 13.4. The van der Waals surface area contributed by atoms with Crippen molar-refractivity contribution < 1.29 is 13.9 Å². The van der Waals surface area contributed by atoms with Crippen LogP contribution in [0, 0.1) is 5.82 Å². The van der Waals surface area contributed by atoms with Gasteiger partial charge in [0.25, 0.3) is 0 Å². The summed E-state index contributed by atoms with van der Waals surface area (Å²) in [6.45, 7) is 1.72. The van der Waals surface area contributed by atoms with E-state index in [1.54, 1.807) is 19.2 Å². The second-order valence-corrected chi connectivity index (χ2v) is 5.47. The monoisotopic (exact) mass is 330 g/mol. The van der Waals surface area contributed by atoms with Gasteiger partial charge in [0.05, 0.1) is 7.11 Å². The van der Waals surface area contributed by atoms with Crippen LogP contribution in [0.2, 0.25) is 0 Å². The van der Waals surface area contributed by atoms with Gasteiger partial charge >= 0.3 is 0 Å². The fraction of sp³-hybridized carbons (Fsp3) is 0.316. The molecule has 0 saturated carbocycles. The second-order valence-electron chi connectivity index (χ2n) is 5.47. The number of amides is 1. The molecule has 128 valence electrons. The Bertz CT molecular complexity index is 644. The summed E-state index contributed by atoms with van der Waals surface area (Å²) in [6.07, 6.45) is 1.01. The molecule has 2 aromatic rings. The van der Waals surface area contributed by atoms with Crippen molar-refractivity contribution in [3.8, 4) is 5.75 Å². The van der Waals surface area contributed by atoms with Gasteiger partial charge in [-0.25, -0.2) is 4.39 Å². The molecule has 4 nitrogen and oxygen atoms in total. The quantitative estimate of drug-likeness (QED) is 0.695. The van der Waals surface area contributed by atoms with Crippen molar-refractivity contribution >= 4 is 5.91 Å². The van der Waals surface area contributed by atoms with Crippen LogP contribution in [0.1, 0.15) is 17.5 Å². The number of hydrogen-bond acceptors (Lipinski definition) is 3. The van der Waals surface area contributed by atoms with E-state index >= 15 is 0 Å². The Labute approximate surface area is 142 Å². The number of carbonyl (C=O) groups is 1. The lowest BCUT2D eigenvalue weighted by atomic mass is 10.1. The first kappa shape index (κ1) is 17.9. The first-order chi connectivity index (χ1) is 11.7. The zero-order chi connectivity index (χ0) is 17.2. The van der Waals surface area contributed by atoms with E-state index in [4.69, 9.17) is 4.74 Å². The number of ether oxygens (including phenoxy) is 1. The molecule has 0 heterocycles. The molecule has 1 amide bonds. The molecule has 0 aliphatic heterocycles. The smallest absolute Gasteiger partial charge is 0.221 e. The van der Waals surface area contributed by atoms with Crippen molar-refractivity contribution in [3.05, 3.63) is 65.5 Å². The summed E-state index contributed by atoms with van der Waals surface area (Å²) in [6, 6.07) is 14.3. The van der Waals surface area contributed by atoms with E-state index in [2.05, 4.69) is 10.6 Å². The van der Waals surface area contributed by atoms with Gasteiger partial charge in [0, 0.05) is 19.5 Å². The number of rotatable bonds is 9. The molecular formula is C19H23FN2O2. The van der Waals surface area contributed by atoms with Crippen molar-refractivity contribution in [2.24, 2.45) is 0 Å². The van der Waals surface area contributed by atoms with Gasteiger partial charge in [0.2, 0.25) is 5.91 Å². The number of nitrogens with one attached hydrogen (secondary N) is 2. The normalized spacial score (nSPS) is 10.4. The van der Waals surface area contributed by atoms with Gasteiger partial charge in [-0.2, -0.15) is 0 Å². The number of hydrogen-bond donors (Lipinski definition) is 2. The van der Waals surface area contributed by atoms with Crippen molar-refractivity contribution in [2.75, 3.05) is 20.2 Å². The molecule has 5 heteroatoms. The SMILES string of the molecule is COc1ccc(CNC(=O)CCNCCc2ccccc2F)cc1. The highest BCUT2D eigenvalue weighted by Crippen LogP contribution is 2.11. The molecule has 0 saturated heterocycles. The van der Waals surface area contributed by atoms with Crippen LogP contribution >= 0.6 is 0 Å². The predicted molar refractivity (Wildman–Crippen MR) is 92.4 cm³/mol. The minimum absolute atomic E-state index is 0.00999. The third kappa shape index (κ3) is 6.01. The Morgan fingerprint density at radius 2 is 1.83 bits per heavy atom. The Morgan fingerprint density at radius 1 is 1.08 bits per heavy atom. The van der Waals surface area contributed by atoms with Crippen LogP contribution < -0.4 is 15.4 Å². The van der Waals surface area contributed by atoms with Crippen LogP contribution in [0.4, 0.5) is 4.39 Å². The Hall–Kier alpha value is -2.40. The number of halogens is 1. The Balaban J connectivity index is 1.58. The number of carbonyl (C=O) groups excluding carboxylic acids is 1. The molecular weight excluding hydrogens is 307 g/mol. The van der Waals surface area contributed by atoms with Crippen LogP contribution in [0.15, 0.2) is 48.5 Å². The molecule has 0 unspecified atom stereocenters. The first-order valence-electron chi connectivity index (χ1n) is 8.03. The highest BCUT2D eigenvalue weighted by Gasteiger charge is 2.03. The van der Waals surface area contributed by atoms with E-state index < -0.39 is 0 Å². The summed E-state index contributed by atoms with van der Waals surface area (Å²) in [7, 11) is 1.62. The predicted octanol–water partition coefficient (Wildman–Crippen LogP) is 2.67. The van der Waals surface area contributed by atoms with E-state index in [0.29, 0.717) is 38.0 Å². The fourth-order valence-electron chi connectivity index (χ4n) is 2.28. The fourth-order valence-corrected chi connectivity index (χ4v) is 2.28. The lowest BCUT2D eigenvalue weighted by molar-refractivity contribution is -0.121. The van der Waals surface area contributed by atoms with Gasteiger partial charge in [0.15, 0.2) is 0 Å². The van der Waals surface area contributed by atoms with Crippen molar-refractivity contribution in [3.63, 3.8) is 0 Å². The minimum Gasteiger partial charge on any atom is -0.497 e. The number of benzene rings is 2. The molecule has 0 aliphatic carbocycles. The van der Waals surface area contributed by atoms with Crippen LogP contribution in [0.5, 0.6) is 5.75 Å². The van der Waals surface area contributed by atoms with Gasteiger partial charge in [-0.15, -0.1) is 0 Å². The van der Waals surface area contributed by atoms with Gasteiger partial charge < -0.3 is 15.4 Å². The van der Waals surface area contributed by atoms with Crippen molar-refractivity contribution in [1.82, 2.24) is 10.6 Å². The van der Waals surface area contributed by atoms with E-state index in [0.717, 1.165) is 11.3 Å². The molecule has 0 bridgehead atoms. The Kier molecular flexibility index (Phi) is 7.23. The van der Waals surface area contributed by atoms with Gasteiger partial charge in [-0.3, -0.25) is 4.79 Å². The van der Waals surface area contributed by atoms with E-state index in [1.807, 2.05) is 30.3 Å². The largest absolute Gasteiger partial charge is 0.497 e. The molecule has 24 heavy (non-hydrogen) atoms. The molecule has 0 fully saturated rings. The first-order valence-corrected chi connectivity index (χ1v) is 8.03. The maximum Gasteiger partial charge on any atom is 0.221 e. The molecule has 2 rings (SSSR count). The molecule has 2 N–H and O–H groups in total. The summed E-state index contributed by atoms with van der Waals surface area (Å²) in [5.74, 6) is 0.602. The van der Waals surface area contributed by atoms with Crippen LogP contribution in [-0.4, -0.2) is 26.1 Å². The summed E-state index contributed by atoms with van der Waals surface area (Å²) in [5, 5.41) is 6.04. The number of methoxy groups -OCH3 is 1. The average molecular weight is 330 g/mol. The van der Waals surface area contributed by atoms with Gasteiger partial charge in [-0.05, 0) is 42.3 Å². The lowest BCUT2D eigenvalue weighted by Crippen LogP contribution is -2.28. The van der Waals surface area contributed by atoms with Crippen LogP contribution in [0.25, 0.3) is 0 Å². The standard InChI is InChI=1S/C19H23FN2O2/c1-24-17-8-6-15(7-9-17)14-22-19(23)11-13-21-12-10-16-4-2-3-5-18(16)20/h2-9,21H,10-14H2,1H3,(H,22,23). The molecule has 2 aromatic carbocycles. The molecule has 0 aliphatic rings. The van der Waals surface area contributed by atoms with Gasteiger partial charge in [-0.1, -0.05) is 30.3 Å². The third-order valence-corrected chi connectivity index (χ3v) is 3.71. The second kappa shape index (κ2) is 9.67. The zero-order valence-electron chi connectivity index (χ0n) is 13.8. The van der Waals surface area contributed by atoms with E-state index in [9.17, 15) is 9.18 Å². The van der Waals surface area contributed by atoms with Crippen molar-refractivity contribution in [2.45, 2.75) is 19.4 Å². The Morgan fingerprint density at radius 3 is 2.54 bits per heavy atom. The topological polar surface area (TPSA) is 50.4 Å². The van der Waals surface area contributed by atoms with Crippen LogP contribution in [0.3, 0.4) is 0 Å².